The van der Waals surface area contributed by atoms with Crippen molar-refractivity contribution in [3.05, 3.63) is 44.9 Å². The van der Waals surface area contributed by atoms with Crippen LogP contribution in [0.2, 0.25) is 4.34 Å². The molecule has 37 heavy (non-hydrogen) atoms. The molecule has 0 unspecified atom stereocenters. The van der Waals surface area contributed by atoms with E-state index in [1.807, 2.05) is 0 Å². The van der Waals surface area contributed by atoms with E-state index in [9.17, 15) is 29.5 Å². The van der Waals surface area contributed by atoms with Crippen molar-refractivity contribution in [1.29, 1.82) is 0 Å². The molecular weight excluding hydrogens is 550 g/mol. The number of thiazole rings is 1. The van der Waals surface area contributed by atoms with E-state index in [2.05, 4.69) is 20.6 Å². The van der Waals surface area contributed by atoms with Gasteiger partial charge in [0.05, 0.1) is 0 Å². The highest BCUT2D eigenvalue weighted by Gasteiger charge is 2.54. The lowest BCUT2D eigenvalue weighted by Gasteiger charge is -2.49. The lowest BCUT2D eigenvalue weighted by molar-refractivity contribution is -0.150. The van der Waals surface area contributed by atoms with Crippen molar-refractivity contribution >= 4 is 75.3 Å². The molecular formula is C20H18ClN7O7S2. The number of fused-ring (bicyclic) bond motifs is 1. The second-order valence-electron chi connectivity index (χ2n) is 7.81. The maximum atomic E-state index is 12.9. The molecule has 0 saturated carbocycles. The highest BCUT2D eigenvalue weighted by molar-refractivity contribution is 8.00. The lowest BCUT2D eigenvalue weighted by atomic mass is 10.0. The second kappa shape index (κ2) is 10.2. The smallest absolute Gasteiger partial charge is 0.352 e. The summed E-state index contributed by atoms with van der Waals surface area (Å²) in [5.74, 6) is -2.91. The molecule has 2 aromatic rings. The van der Waals surface area contributed by atoms with Gasteiger partial charge in [0.1, 0.15) is 27.1 Å². The van der Waals surface area contributed by atoms with Gasteiger partial charge in [-0.1, -0.05) is 39.3 Å². The highest BCUT2D eigenvalue weighted by atomic mass is 35.5. The van der Waals surface area contributed by atoms with E-state index in [1.54, 1.807) is 14.1 Å². The first kappa shape index (κ1) is 26.2. The van der Waals surface area contributed by atoms with Crippen molar-refractivity contribution in [1.82, 2.24) is 25.3 Å². The zero-order valence-electron chi connectivity index (χ0n) is 19.0. The average Bonchev–Trinajstić information content (AvgIpc) is 3.46. The summed E-state index contributed by atoms with van der Waals surface area (Å²) in [4.78, 5) is 55.8. The van der Waals surface area contributed by atoms with Crippen LogP contribution in [-0.2, 0) is 14.4 Å². The van der Waals surface area contributed by atoms with Crippen LogP contribution in [0.1, 0.15) is 21.9 Å². The number of allylic oxidation sites excluding steroid dienone is 1. The van der Waals surface area contributed by atoms with Gasteiger partial charge in [-0.25, -0.2) is 9.78 Å². The Morgan fingerprint density at radius 1 is 1.38 bits per heavy atom. The zero-order valence-corrected chi connectivity index (χ0v) is 21.4. The fraction of sp³-hybridized carbons (Fsp3) is 0.250. The number of hydrogen-bond donors (Lipinski definition) is 4. The van der Waals surface area contributed by atoms with Gasteiger partial charge < -0.3 is 30.8 Å². The van der Waals surface area contributed by atoms with Crippen LogP contribution in [0.4, 0.5) is 5.13 Å². The molecule has 4 heterocycles. The highest BCUT2D eigenvalue weighted by Crippen LogP contribution is 2.41. The average molecular weight is 568 g/mol. The van der Waals surface area contributed by atoms with Crippen LogP contribution in [0.3, 0.4) is 0 Å². The molecule has 14 nitrogen and oxygen atoms in total. The number of rotatable bonds is 7. The number of thioether (sulfide) groups is 1. The Balaban J connectivity index is 1.51. The normalized spacial score (nSPS) is 19.6. The standard InChI is InChI=1S/C20H18ClN7O7S2/c1-27(2)16(30)9-5-8(35-26-9)4-3-7-6-36-18-12(17(31)28(18)13(7)19(32)33)23-15(29)11(25-34)10-14(21)37-20(22)24-10/h3-5,12,18,34H,6H2,1-2H3,(H2,22,24)(H,23,29)(H,32,33)/b4-3+,25-11-/t12-,18-/m1/s1. The Morgan fingerprint density at radius 3 is 2.70 bits per heavy atom. The SMILES string of the molecule is CN(C)C(=O)c1cc(/C=C/C2=C(C(=O)O)N3C(=O)[C@@H](NC(=O)/C(=N\O)c4nc(N)sc4Cl)[C@H]3SC2)on1. The number of aliphatic carboxylic acids is 1. The summed E-state index contributed by atoms with van der Waals surface area (Å²) in [7, 11) is 3.13. The number of aromatic nitrogens is 2. The van der Waals surface area contributed by atoms with Crippen molar-refractivity contribution in [3.63, 3.8) is 0 Å². The predicted octanol–water partition coefficient (Wildman–Crippen LogP) is 0.699. The van der Waals surface area contributed by atoms with Gasteiger partial charge in [-0.15, -0.1) is 11.8 Å². The number of carbonyl (C=O) groups excluding carboxylic acids is 3. The number of anilines is 1. The maximum Gasteiger partial charge on any atom is 0.352 e. The molecule has 0 radical (unpaired) electrons. The summed E-state index contributed by atoms with van der Waals surface area (Å²) in [6.45, 7) is 0. The molecule has 0 spiro atoms. The van der Waals surface area contributed by atoms with Crippen molar-refractivity contribution in [2.24, 2.45) is 5.16 Å². The molecule has 0 aliphatic carbocycles. The quantitative estimate of drug-likeness (QED) is 0.158. The number of hydrogen-bond acceptors (Lipinski definition) is 12. The van der Waals surface area contributed by atoms with E-state index in [0.29, 0.717) is 5.57 Å². The fourth-order valence-corrected chi connectivity index (χ4v) is 5.77. The third-order valence-electron chi connectivity index (χ3n) is 5.23. The monoisotopic (exact) mass is 567 g/mol. The number of halogens is 1. The number of amides is 3. The third-order valence-corrected chi connectivity index (χ3v) is 7.62. The summed E-state index contributed by atoms with van der Waals surface area (Å²) in [6, 6.07) is 0.319. The first-order valence-corrected chi connectivity index (χ1v) is 12.5. The zero-order chi connectivity index (χ0) is 27.0. The summed E-state index contributed by atoms with van der Waals surface area (Å²) in [5, 5.41) is 27.5. The minimum Gasteiger partial charge on any atom is -0.477 e. The fourth-order valence-electron chi connectivity index (χ4n) is 3.52. The van der Waals surface area contributed by atoms with E-state index >= 15 is 0 Å². The number of oxime groups is 1. The Hall–Kier alpha value is -3.89. The first-order valence-electron chi connectivity index (χ1n) is 10.3. The third kappa shape index (κ3) is 4.90. The van der Waals surface area contributed by atoms with Crippen molar-refractivity contribution in [3.8, 4) is 0 Å². The molecule has 1 fully saturated rings. The van der Waals surface area contributed by atoms with Crippen LogP contribution in [0.15, 0.2) is 33.1 Å². The number of nitrogens with two attached hydrogens (primary N) is 1. The number of nitrogen functional groups attached to an aromatic ring is 1. The molecule has 1 saturated heterocycles. The van der Waals surface area contributed by atoms with Gasteiger partial charge in [-0.05, 0) is 11.6 Å². The number of nitrogens with one attached hydrogen (secondary N) is 1. The van der Waals surface area contributed by atoms with E-state index in [1.165, 1.54) is 34.9 Å². The number of carboxylic acid groups (broad SMARTS) is 1. The molecule has 2 aromatic heterocycles. The van der Waals surface area contributed by atoms with Gasteiger partial charge >= 0.3 is 5.97 Å². The van der Waals surface area contributed by atoms with Crippen molar-refractivity contribution < 1.29 is 34.0 Å². The summed E-state index contributed by atoms with van der Waals surface area (Å²) in [6.07, 6.45) is 2.90. The molecule has 2 atom stereocenters. The van der Waals surface area contributed by atoms with Gasteiger partial charge in [-0.3, -0.25) is 19.3 Å². The van der Waals surface area contributed by atoms with E-state index < -0.39 is 34.9 Å². The van der Waals surface area contributed by atoms with Crippen LogP contribution in [0, 0.1) is 0 Å². The lowest BCUT2D eigenvalue weighted by Crippen LogP contribution is -2.71. The topological polar surface area (TPSA) is 205 Å². The van der Waals surface area contributed by atoms with Gasteiger partial charge in [0, 0.05) is 25.9 Å². The van der Waals surface area contributed by atoms with Crippen LogP contribution in [0.5, 0.6) is 0 Å². The van der Waals surface area contributed by atoms with Gasteiger partial charge in [0.15, 0.2) is 22.3 Å². The molecule has 4 rings (SSSR count). The summed E-state index contributed by atoms with van der Waals surface area (Å²) in [5.41, 5.74) is 5.01. The molecule has 2 aliphatic rings. The Labute approximate surface area is 221 Å². The Bertz CT molecular complexity index is 1400. The minimum atomic E-state index is -1.34. The van der Waals surface area contributed by atoms with E-state index in [-0.39, 0.29) is 44.0 Å². The largest absolute Gasteiger partial charge is 0.477 e. The number of carboxylic acids is 1. The van der Waals surface area contributed by atoms with Gasteiger partial charge in [0.25, 0.3) is 17.7 Å². The Morgan fingerprint density at radius 2 is 2.11 bits per heavy atom. The van der Waals surface area contributed by atoms with Crippen LogP contribution >= 0.6 is 34.7 Å². The summed E-state index contributed by atoms with van der Waals surface area (Å²) < 4.78 is 5.12. The molecule has 194 valence electrons. The summed E-state index contributed by atoms with van der Waals surface area (Å²) >= 11 is 8.07. The van der Waals surface area contributed by atoms with E-state index in [0.717, 1.165) is 16.2 Å². The van der Waals surface area contributed by atoms with Crippen LogP contribution in [0.25, 0.3) is 6.08 Å². The second-order valence-corrected chi connectivity index (χ2v) is 10.5. The minimum absolute atomic E-state index is 0.0199. The number of nitrogens with zero attached hydrogens (tertiary/aromatic N) is 5. The molecule has 3 amide bonds. The van der Waals surface area contributed by atoms with Crippen LogP contribution < -0.4 is 11.1 Å². The molecule has 0 bridgehead atoms. The van der Waals surface area contributed by atoms with Crippen molar-refractivity contribution in [2.45, 2.75) is 11.4 Å². The van der Waals surface area contributed by atoms with Crippen molar-refractivity contribution in [2.75, 3.05) is 25.6 Å². The molecule has 0 aromatic carbocycles. The molecule has 17 heteroatoms. The van der Waals surface area contributed by atoms with Gasteiger partial charge in [0.2, 0.25) is 0 Å². The predicted molar refractivity (Wildman–Crippen MR) is 133 cm³/mol. The number of β-lactam (4-membered cyclic amide) rings is 1. The molecule has 5 N–H and O–H groups in total. The number of carbonyl (C=O) groups is 4. The Kier molecular flexibility index (Phi) is 7.24. The van der Waals surface area contributed by atoms with Gasteiger partial charge in [-0.2, -0.15) is 0 Å². The maximum absolute atomic E-state index is 12.9. The first-order chi connectivity index (χ1) is 17.5. The van der Waals surface area contributed by atoms with Crippen LogP contribution in [-0.4, -0.2) is 90.9 Å². The molecule has 2 aliphatic heterocycles. The van der Waals surface area contributed by atoms with E-state index in [4.69, 9.17) is 21.9 Å².